The van der Waals surface area contributed by atoms with Crippen LogP contribution in [0.15, 0.2) is 52.4 Å². The Labute approximate surface area is 182 Å². The molecule has 0 spiro atoms. The van der Waals surface area contributed by atoms with Gasteiger partial charge in [-0.1, -0.05) is 30.0 Å². The molecule has 2 aromatic carbocycles. The summed E-state index contributed by atoms with van der Waals surface area (Å²) in [6.45, 7) is 1.67. The molecule has 8 nitrogen and oxygen atoms in total. The Bertz CT molecular complexity index is 1340. The van der Waals surface area contributed by atoms with Crippen LogP contribution in [0.4, 0.5) is 16.3 Å². The Morgan fingerprint density at radius 1 is 1.10 bits per heavy atom. The van der Waals surface area contributed by atoms with Gasteiger partial charge >= 0.3 is 0 Å². The van der Waals surface area contributed by atoms with Crippen molar-refractivity contribution in [2.24, 2.45) is 0 Å². The van der Waals surface area contributed by atoms with Crippen molar-refractivity contribution in [3.63, 3.8) is 0 Å². The predicted octanol–water partition coefficient (Wildman–Crippen LogP) is 2.96. The van der Waals surface area contributed by atoms with Crippen molar-refractivity contribution in [3.8, 4) is 5.69 Å². The highest BCUT2D eigenvalue weighted by atomic mass is 32.2. The summed E-state index contributed by atoms with van der Waals surface area (Å²) in [6.07, 6.45) is 0. The number of anilines is 2. The van der Waals surface area contributed by atoms with Gasteiger partial charge in [0.2, 0.25) is 11.9 Å². The van der Waals surface area contributed by atoms with Crippen LogP contribution in [0.2, 0.25) is 0 Å². The summed E-state index contributed by atoms with van der Waals surface area (Å²) in [5.74, 6) is 0.901. The fourth-order valence-electron chi connectivity index (χ4n) is 2.98. The van der Waals surface area contributed by atoms with Crippen molar-refractivity contribution >= 4 is 34.6 Å². The lowest BCUT2D eigenvalue weighted by Gasteiger charge is -2.14. The molecule has 0 bridgehead atoms. The van der Waals surface area contributed by atoms with Crippen LogP contribution < -0.4 is 16.2 Å². The summed E-state index contributed by atoms with van der Waals surface area (Å²) in [6, 6.07) is 11.7. The Hall–Kier alpha value is -3.53. The molecule has 0 unspecified atom stereocenters. The van der Waals surface area contributed by atoms with Gasteiger partial charge < -0.3 is 10.6 Å². The minimum Gasteiger partial charge on any atom is -0.368 e. The van der Waals surface area contributed by atoms with Gasteiger partial charge in [-0.15, -0.1) is 0 Å². The molecule has 0 saturated carbocycles. The van der Waals surface area contributed by atoms with Crippen LogP contribution in [0.3, 0.4) is 0 Å². The number of halogens is 1. The Morgan fingerprint density at radius 2 is 1.87 bits per heavy atom. The normalized spacial score (nSPS) is 11.1. The Kier molecular flexibility index (Phi) is 5.55. The van der Waals surface area contributed by atoms with Crippen molar-refractivity contribution < 1.29 is 4.39 Å². The molecular formula is C21H20FN7OS. The number of thioether (sulfide) groups is 1. The Morgan fingerprint density at radius 3 is 2.61 bits per heavy atom. The molecule has 0 saturated heterocycles. The molecule has 158 valence electrons. The van der Waals surface area contributed by atoms with Crippen molar-refractivity contribution in [3.05, 3.63) is 70.0 Å². The van der Waals surface area contributed by atoms with E-state index in [1.165, 1.54) is 22.4 Å². The molecule has 2 heterocycles. The summed E-state index contributed by atoms with van der Waals surface area (Å²) in [5.41, 5.74) is 6.98. The first-order valence-corrected chi connectivity index (χ1v) is 10.4. The van der Waals surface area contributed by atoms with Gasteiger partial charge in [-0.05, 0) is 36.8 Å². The predicted molar refractivity (Wildman–Crippen MR) is 120 cm³/mol. The smallest absolute Gasteiger partial charge is 0.266 e. The van der Waals surface area contributed by atoms with E-state index in [1.54, 1.807) is 56.3 Å². The van der Waals surface area contributed by atoms with E-state index in [9.17, 15) is 9.18 Å². The van der Waals surface area contributed by atoms with Crippen LogP contribution in [-0.2, 0) is 5.75 Å². The summed E-state index contributed by atoms with van der Waals surface area (Å²) < 4.78 is 15.7. The summed E-state index contributed by atoms with van der Waals surface area (Å²) >= 11 is 1.27. The zero-order valence-corrected chi connectivity index (χ0v) is 18.0. The second kappa shape index (κ2) is 8.31. The van der Waals surface area contributed by atoms with E-state index < -0.39 is 5.82 Å². The van der Waals surface area contributed by atoms with Gasteiger partial charge in [0.05, 0.1) is 22.3 Å². The number of para-hydroxylation sites is 1. The van der Waals surface area contributed by atoms with Crippen molar-refractivity contribution in [2.45, 2.75) is 17.8 Å². The van der Waals surface area contributed by atoms with Crippen molar-refractivity contribution in [2.75, 3.05) is 24.7 Å². The lowest BCUT2D eigenvalue weighted by atomic mass is 10.2. The van der Waals surface area contributed by atoms with Crippen LogP contribution in [0, 0.1) is 12.7 Å². The van der Waals surface area contributed by atoms with E-state index in [2.05, 4.69) is 19.9 Å². The highest BCUT2D eigenvalue weighted by Crippen LogP contribution is 2.25. The molecule has 10 heteroatoms. The molecular weight excluding hydrogens is 417 g/mol. The van der Waals surface area contributed by atoms with Crippen molar-refractivity contribution in [1.29, 1.82) is 0 Å². The first kappa shape index (κ1) is 20.7. The van der Waals surface area contributed by atoms with Crippen LogP contribution in [0.25, 0.3) is 16.6 Å². The highest BCUT2D eigenvalue weighted by molar-refractivity contribution is 7.98. The quantitative estimate of drug-likeness (QED) is 0.376. The number of aryl methyl sites for hydroxylation is 1. The van der Waals surface area contributed by atoms with Gasteiger partial charge in [-0.25, -0.2) is 9.37 Å². The first-order chi connectivity index (χ1) is 14.8. The molecule has 0 aliphatic heterocycles. The molecule has 4 rings (SSSR count). The lowest BCUT2D eigenvalue weighted by molar-refractivity contribution is 0.615. The lowest BCUT2D eigenvalue weighted by Crippen LogP contribution is -2.22. The standard InChI is InChI=1S/C21H20FN7OS/c1-12-8-9-13(10-15(12)22)29-18(30)14-6-4-5-7-16(14)24-21(29)31-11-17-25-19(23)27-20(26-17)28(2)3/h4-10H,11H2,1-3H3,(H2,23,25,26,27). The molecule has 2 N–H and O–H groups in total. The largest absolute Gasteiger partial charge is 0.368 e. The number of rotatable bonds is 5. The molecule has 0 atom stereocenters. The van der Waals surface area contributed by atoms with E-state index in [0.29, 0.717) is 44.8 Å². The number of fused-ring (bicyclic) bond motifs is 1. The summed E-state index contributed by atoms with van der Waals surface area (Å²) in [4.78, 5) is 32.3. The first-order valence-electron chi connectivity index (χ1n) is 9.42. The average molecular weight is 438 g/mol. The third-order valence-corrected chi connectivity index (χ3v) is 5.51. The third-order valence-electron chi connectivity index (χ3n) is 4.58. The molecule has 4 aromatic rings. The van der Waals surface area contributed by atoms with E-state index in [4.69, 9.17) is 5.73 Å². The fourth-order valence-corrected chi connectivity index (χ4v) is 3.84. The molecule has 0 amide bonds. The van der Waals surface area contributed by atoms with E-state index in [-0.39, 0.29) is 11.5 Å². The minimum absolute atomic E-state index is 0.110. The van der Waals surface area contributed by atoms with Gasteiger partial charge in [0, 0.05) is 14.1 Å². The Balaban J connectivity index is 1.81. The van der Waals surface area contributed by atoms with E-state index in [0.717, 1.165) is 0 Å². The third kappa shape index (κ3) is 4.19. The monoisotopic (exact) mass is 437 g/mol. The van der Waals surface area contributed by atoms with Crippen LogP contribution in [-0.4, -0.2) is 38.6 Å². The molecule has 0 fully saturated rings. The maximum atomic E-state index is 14.3. The number of nitrogens with two attached hydrogens (primary N) is 1. The maximum absolute atomic E-state index is 14.3. The molecule has 2 aromatic heterocycles. The average Bonchev–Trinajstić information content (AvgIpc) is 2.74. The summed E-state index contributed by atoms with van der Waals surface area (Å²) in [5, 5.41) is 0.851. The topological polar surface area (TPSA) is 103 Å². The number of aromatic nitrogens is 5. The molecule has 0 aliphatic rings. The van der Waals surface area contributed by atoms with E-state index in [1.807, 2.05) is 6.07 Å². The van der Waals surface area contributed by atoms with Crippen LogP contribution in [0.5, 0.6) is 0 Å². The second-order valence-electron chi connectivity index (χ2n) is 7.08. The number of benzene rings is 2. The highest BCUT2D eigenvalue weighted by Gasteiger charge is 2.16. The van der Waals surface area contributed by atoms with Gasteiger partial charge in [0.15, 0.2) is 5.16 Å². The fraction of sp³-hybridized carbons (Fsp3) is 0.190. The zero-order valence-electron chi connectivity index (χ0n) is 17.2. The van der Waals surface area contributed by atoms with Crippen LogP contribution >= 0.6 is 11.8 Å². The van der Waals surface area contributed by atoms with Crippen LogP contribution in [0.1, 0.15) is 11.4 Å². The zero-order chi connectivity index (χ0) is 22.1. The van der Waals surface area contributed by atoms with Gasteiger partial charge in [-0.3, -0.25) is 9.36 Å². The SMILES string of the molecule is Cc1ccc(-n2c(SCc3nc(N)nc(N(C)C)n3)nc3ccccc3c2=O)cc1F. The van der Waals surface area contributed by atoms with Gasteiger partial charge in [0.25, 0.3) is 5.56 Å². The molecule has 31 heavy (non-hydrogen) atoms. The van der Waals surface area contributed by atoms with Crippen molar-refractivity contribution in [1.82, 2.24) is 24.5 Å². The molecule has 0 aliphatic carbocycles. The molecule has 0 radical (unpaired) electrons. The number of nitrogens with zero attached hydrogens (tertiary/aromatic N) is 6. The van der Waals surface area contributed by atoms with E-state index >= 15 is 0 Å². The second-order valence-corrected chi connectivity index (χ2v) is 8.02. The van der Waals surface area contributed by atoms with Gasteiger partial charge in [0.1, 0.15) is 11.6 Å². The summed E-state index contributed by atoms with van der Waals surface area (Å²) in [7, 11) is 3.61. The number of hydrogen-bond donors (Lipinski definition) is 1. The number of hydrogen-bond acceptors (Lipinski definition) is 8. The number of nitrogen functional groups attached to an aromatic ring is 1. The minimum atomic E-state index is -0.394. The maximum Gasteiger partial charge on any atom is 0.266 e. The van der Waals surface area contributed by atoms with Gasteiger partial charge in [-0.2, -0.15) is 15.0 Å².